The minimum atomic E-state index is -4.61. The topological polar surface area (TPSA) is 69.7 Å². The first kappa shape index (κ1) is 39.9. The molecule has 0 aromatic heterocycles. The highest BCUT2D eigenvalue weighted by atomic mass is 35.5. The van der Waals surface area contributed by atoms with Gasteiger partial charge in [0, 0.05) is 5.57 Å². The summed E-state index contributed by atoms with van der Waals surface area (Å²) in [4.78, 5) is 37.0. The maximum Gasteiger partial charge on any atom is 0.426 e. The first-order valence-electron chi connectivity index (χ1n) is 17.2. The van der Waals surface area contributed by atoms with E-state index in [1.807, 2.05) is 76.2 Å². The summed E-state index contributed by atoms with van der Waals surface area (Å²) in [5.41, 5.74) is 6.14. The lowest BCUT2D eigenvalue weighted by molar-refractivity contribution is -0.150. The number of allylic oxidation sites excluding steroid dienone is 6. The summed E-state index contributed by atoms with van der Waals surface area (Å²) in [6, 6.07) is 15.6. The Morgan fingerprint density at radius 1 is 0.922 bits per heavy atom. The van der Waals surface area contributed by atoms with Gasteiger partial charge in [0.2, 0.25) is 0 Å². The number of ether oxygens (including phenoxy) is 2. The largest absolute Gasteiger partial charge is 0.461 e. The van der Waals surface area contributed by atoms with Crippen molar-refractivity contribution >= 4 is 29.3 Å². The molecule has 0 radical (unpaired) electrons. The quantitative estimate of drug-likeness (QED) is 0.180. The van der Waals surface area contributed by atoms with Gasteiger partial charge in [0.1, 0.15) is 17.7 Å². The Kier molecular flexibility index (Phi) is 12.0. The summed E-state index contributed by atoms with van der Waals surface area (Å²) in [7, 11) is 0. The number of esters is 2. The molecule has 0 saturated heterocycles. The van der Waals surface area contributed by atoms with Gasteiger partial charge in [-0.05, 0) is 84.6 Å². The molecule has 9 heteroatoms. The van der Waals surface area contributed by atoms with E-state index in [0.29, 0.717) is 6.42 Å². The molecule has 2 aromatic rings. The summed E-state index contributed by atoms with van der Waals surface area (Å²) in [6.45, 7) is 19.3. The van der Waals surface area contributed by atoms with Crippen LogP contribution in [0.25, 0.3) is 11.1 Å². The lowest BCUT2D eigenvalue weighted by atomic mass is 9.97. The molecule has 0 N–H and O–H groups in total. The van der Waals surface area contributed by atoms with Crippen molar-refractivity contribution in [2.45, 2.75) is 87.1 Å². The first-order valence-corrected chi connectivity index (χ1v) is 17.6. The van der Waals surface area contributed by atoms with E-state index < -0.39 is 40.5 Å². The van der Waals surface area contributed by atoms with Gasteiger partial charge < -0.3 is 9.47 Å². The van der Waals surface area contributed by atoms with Crippen LogP contribution in [0.2, 0.25) is 0 Å². The van der Waals surface area contributed by atoms with Crippen LogP contribution in [0.15, 0.2) is 95.1 Å². The number of Topliss-reactive ketones (excluding diaryl/α,β-unsaturated/α-hetero) is 1. The van der Waals surface area contributed by atoms with Crippen LogP contribution < -0.4 is 0 Å². The molecular formula is C42H48ClF3O5. The van der Waals surface area contributed by atoms with Crippen molar-refractivity contribution < 1.29 is 37.0 Å². The molecule has 274 valence electrons. The molecule has 51 heavy (non-hydrogen) atoms. The monoisotopic (exact) mass is 724 g/mol. The second-order valence-corrected chi connectivity index (χ2v) is 15.6. The Labute approximate surface area is 304 Å². The first-order chi connectivity index (χ1) is 23.7. The van der Waals surface area contributed by atoms with Gasteiger partial charge in [-0.1, -0.05) is 112 Å². The fourth-order valence-corrected chi connectivity index (χ4v) is 7.26. The molecule has 0 bridgehead atoms. The number of ketones is 1. The number of rotatable bonds is 10. The molecule has 0 aliphatic heterocycles. The van der Waals surface area contributed by atoms with Crippen molar-refractivity contribution in [2.75, 3.05) is 0 Å². The van der Waals surface area contributed by atoms with E-state index in [-0.39, 0.29) is 42.0 Å². The normalized spacial score (nSPS) is 24.6. The van der Waals surface area contributed by atoms with Crippen molar-refractivity contribution in [3.05, 3.63) is 106 Å². The van der Waals surface area contributed by atoms with Crippen molar-refractivity contribution in [1.29, 1.82) is 0 Å². The molecule has 5 nitrogen and oxygen atoms in total. The summed E-state index contributed by atoms with van der Waals surface area (Å²) >= 11 is 5.34. The van der Waals surface area contributed by atoms with Gasteiger partial charge in [-0.3, -0.25) is 14.4 Å². The SMILES string of the molecule is C=CCC1=C(C)C(OC(=O)C2C(C=C(C)C)C2(C)C)CC1=O.Cc1c(COC(=O)C2C(/C=C(\Cl)C(F)(F)F)C2(C)C)cccc1-c1ccccc1. The van der Waals surface area contributed by atoms with Gasteiger partial charge >= 0.3 is 18.1 Å². The zero-order valence-corrected chi connectivity index (χ0v) is 31.4. The Bertz CT molecular complexity index is 1760. The number of hydrogen-bond acceptors (Lipinski definition) is 5. The summed E-state index contributed by atoms with van der Waals surface area (Å²) in [6.07, 6.45) is 0.625. The third-order valence-electron chi connectivity index (χ3n) is 10.6. The highest BCUT2D eigenvalue weighted by Crippen LogP contribution is 2.61. The molecule has 3 aliphatic rings. The summed E-state index contributed by atoms with van der Waals surface area (Å²) in [5.74, 6) is -1.71. The van der Waals surface area contributed by atoms with Crippen LogP contribution in [0.1, 0.15) is 72.4 Å². The molecule has 0 amide bonds. The van der Waals surface area contributed by atoms with Gasteiger partial charge in [0.05, 0.1) is 18.3 Å². The highest BCUT2D eigenvalue weighted by Gasteiger charge is 2.63. The summed E-state index contributed by atoms with van der Waals surface area (Å²) in [5, 5.41) is -1.20. The second kappa shape index (κ2) is 15.4. The van der Waals surface area contributed by atoms with Crippen LogP contribution in [0.4, 0.5) is 13.2 Å². The van der Waals surface area contributed by atoms with E-state index in [2.05, 4.69) is 26.5 Å². The standard InChI is InChI=1S/C23H22ClF3O2.C19H26O3/c1-14-16(10-7-11-17(14)15-8-5-4-6-9-15)13-29-21(28)20-18(22(20,2)3)12-19(24)23(25,26)27;1-7-8-13-12(4)16(10-15(13)20)22-18(21)17-14(9-11(2)3)19(17,5)6/h4-12,18,20H,13H2,1-3H3;7,9,14,16-17H,1,8,10H2,2-6H3/b19-12-;. The maximum absolute atomic E-state index is 12.7. The third-order valence-corrected chi connectivity index (χ3v) is 11.0. The van der Waals surface area contributed by atoms with Crippen LogP contribution >= 0.6 is 11.6 Å². The van der Waals surface area contributed by atoms with E-state index in [1.165, 1.54) is 5.57 Å². The fourth-order valence-electron chi connectivity index (χ4n) is 7.12. The van der Waals surface area contributed by atoms with E-state index in [4.69, 9.17) is 21.1 Å². The average Bonchev–Trinajstić information content (AvgIpc) is 3.76. The van der Waals surface area contributed by atoms with E-state index in [1.54, 1.807) is 19.9 Å². The third kappa shape index (κ3) is 8.94. The smallest absolute Gasteiger partial charge is 0.426 e. The molecule has 5 rings (SSSR count). The summed E-state index contributed by atoms with van der Waals surface area (Å²) < 4.78 is 49.2. The number of carbonyl (C=O) groups is 3. The van der Waals surface area contributed by atoms with Crippen molar-refractivity contribution in [2.24, 2.45) is 34.5 Å². The predicted octanol–water partition coefficient (Wildman–Crippen LogP) is 10.7. The van der Waals surface area contributed by atoms with Crippen LogP contribution in [-0.4, -0.2) is 30.0 Å². The van der Waals surface area contributed by atoms with E-state index >= 15 is 0 Å². The number of hydrogen-bond donors (Lipinski definition) is 0. The van der Waals surface area contributed by atoms with Crippen LogP contribution in [-0.2, 0) is 30.5 Å². The van der Waals surface area contributed by atoms with E-state index in [0.717, 1.165) is 39.5 Å². The Morgan fingerprint density at radius 2 is 1.51 bits per heavy atom. The lowest BCUT2D eigenvalue weighted by Crippen LogP contribution is -2.20. The second-order valence-electron chi connectivity index (χ2n) is 15.2. The van der Waals surface area contributed by atoms with Crippen molar-refractivity contribution in [3.8, 4) is 11.1 Å². The fraction of sp³-hybridized carbons (Fsp3) is 0.452. The lowest BCUT2D eigenvalue weighted by Gasteiger charge is -2.13. The zero-order chi connectivity index (χ0) is 38.1. The number of halogens is 4. The highest BCUT2D eigenvalue weighted by molar-refractivity contribution is 6.30. The molecule has 5 atom stereocenters. The minimum Gasteiger partial charge on any atom is -0.461 e. The molecule has 3 aliphatic carbocycles. The van der Waals surface area contributed by atoms with Gasteiger partial charge in [-0.25, -0.2) is 0 Å². The van der Waals surface area contributed by atoms with Crippen LogP contribution in [0.3, 0.4) is 0 Å². The molecule has 5 unspecified atom stereocenters. The predicted molar refractivity (Wildman–Crippen MR) is 194 cm³/mol. The van der Waals surface area contributed by atoms with Crippen molar-refractivity contribution in [1.82, 2.24) is 0 Å². The maximum atomic E-state index is 12.7. The van der Waals surface area contributed by atoms with Gasteiger partial charge in [-0.2, -0.15) is 13.2 Å². The van der Waals surface area contributed by atoms with Crippen LogP contribution in [0.5, 0.6) is 0 Å². The molecule has 2 saturated carbocycles. The van der Waals surface area contributed by atoms with Gasteiger partial charge in [0.25, 0.3) is 0 Å². The molecule has 2 fully saturated rings. The Hall–Kier alpha value is -3.91. The van der Waals surface area contributed by atoms with Crippen LogP contribution in [0, 0.1) is 41.4 Å². The number of carbonyl (C=O) groups excluding carboxylic acids is 3. The molecular weight excluding hydrogens is 677 g/mol. The van der Waals surface area contributed by atoms with Gasteiger partial charge in [0.15, 0.2) is 5.78 Å². The zero-order valence-electron chi connectivity index (χ0n) is 30.6. The molecule has 2 aromatic carbocycles. The molecule has 0 spiro atoms. The van der Waals surface area contributed by atoms with E-state index in [9.17, 15) is 27.6 Å². The number of benzene rings is 2. The minimum absolute atomic E-state index is 0.0570. The van der Waals surface area contributed by atoms with Crippen molar-refractivity contribution in [3.63, 3.8) is 0 Å². The number of alkyl halides is 3. The van der Waals surface area contributed by atoms with Gasteiger partial charge in [-0.15, -0.1) is 6.58 Å². The average molecular weight is 725 g/mol. The molecule has 0 heterocycles. The Balaban J connectivity index is 0.000000238. The Morgan fingerprint density at radius 3 is 2.08 bits per heavy atom.